The highest BCUT2D eigenvalue weighted by atomic mass is 32.1. The maximum absolute atomic E-state index is 6.04. The number of pyridine rings is 1. The van der Waals surface area contributed by atoms with Gasteiger partial charge in [0.2, 0.25) is 11.8 Å². The zero-order valence-corrected chi connectivity index (χ0v) is 16.5. The van der Waals surface area contributed by atoms with Crippen LogP contribution in [0.15, 0.2) is 46.8 Å². The molecule has 0 saturated heterocycles. The molecule has 3 heterocycles. The maximum Gasteiger partial charge on any atom is 0.232 e. The fourth-order valence-corrected chi connectivity index (χ4v) is 3.41. The Kier molecular flexibility index (Phi) is 5.38. The lowest BCUT2D eigenvalue weighted by atomic mass is 10.2. The fourth-order valence-electron chi connectivity index (χ4n) is 2.70. The van der Waals surface area contributed by atoms with Crippen LogP contribution < -0.4 is 20.1 Å². The van der Waals surface area contributed by atoms with E-state index >= 15 is 0 Å². The average molecular weight is 395 g/mol. The van der Waals surface area contributed by atoms with E-state index in [0.717, 1.165) is 41.9 Å². The van der Waals surface area contributed by atoms with E-state index in [0.29, 0.717) is 17.5 Å². The Bertz CT molecular complexity index is 985. The third-order valence-corrected chi connectivity index (χ3v) is 4.94. The lowest BCUT2D eigenvalue weighted by Gasteiger charge is -2.14. The smallest absolute Gasteiger partial charge is 0.232 e. The van der Waals surface area contributed by atoms with Crippen molar-refractivity contribution in [1.29, 1.82) is 0 Å². The Balaban J connectivity index is 1.61. The van der Waals surface area contributed by atoms with Crippen molar-refractivity contribution in [3.8, 4) is 28.8 Å². The minimum atomic E-state index is 0.452. The lowest BCUT2D eigenvalue weighted by Crippen LogP contribution is -2.35. The molecule has 0 amide bonds. The van der Waals surface area contributed by atoms with Crippen molar-refractivity contribution in [3.05, 3.63) is 47.3 Å². The van der Waals surface area contributed by atoms with E-state index in [1.165, 1.54) is 16.9 Å². The largest absolute Gasteiger partial charge is 0.481 e. The van der Waals surface area contributed by atoms with Crippen molar-refractivity contribution >= 4 is 22.4 Å². The average Bonchev–Trinajstić information content (AvgIpc) is 3.18. The predicted molar refractivity (Wildman–Crippen MR) is 112 cm³/mol. The van der Waals surface area contributed by atoms with Crippen LogP contribution in [-0.2, 0) is 0 Å². The van der Waals surface area contributed by atoms with Gasteiger partial charge in [0.25, 0.3) is 0 Å². The summed E-state index contributed by atoms with van der Waals surface area (Å²) in [4.78, 5) is 13.6. The number of benzene rings is 1. The van der Waals surface area contributed by atoms with E-state index in [1.807, 2.05) is 42.6 Å². The number of nitrogens with zero attached hydrogens (tertiary/aromatic N) is 3. The van der Waals surface area contributed by atoms with Crippen LogP contribution >= 0.6 is 11.3 Å². The number of ether oxygens (including phenoxy) is 2. The highest BCUT2D eigenvalue weighted by Crippen LogP contribution is 2.35. The molecular formula is C20H21N5O2S. The molecule has 0 unspecified atom stereocenters. The van der Waals surface area contributed by atoms with Crippen LogP contribution in [0, 0.1) is 6.92 Å². The number of anilines is 1. The van der Waals surface area contributed by atoms with E-state index < -0.39 is 0 Å². The molecule has 0 bridgehead atoms. The number of methoxy groups -OCH3 is 1. The molecule has 8 heteroatoms. The second-order valence-electron chi connectivity index (χ2n) is 6.29. The maximum atomic E-state index is 6.04. The Morgan fingerprint density at radius 1 is 1.11 bits per heavy atom. The van der Waals surface area contributed by atoms with E-state index in [-0.39, 0.29) is 0 Å². The van der Waals surface area contributed by atoms with E-state index in [1.54, 1.807) is 13.2 Å². The van der Waals surface area contributed by atoms with Crippen LogP contribution in [0.3, 0.4) is 0 Å². The molecular weight excluding hydrogens is 374 g/mol. The zero-order valence-electron chi connectivity index (χ0n) is 15.7. The van der Waals surface area contributed by atoms with Crippen molar-refractivity contribution < 1.29 is 9.47 Å². The number of aromatic nitrogens is 2. The first-order chi connectivity index (χ1) is 13.7. The minimum Gasteiger partial charge on any atom is -0.481 e. The van der Waals surface area contributed by atoms with Crippen molar-refractivity contribution in [2.24, 2.45) is 4.99 Å². The first-order valence-electron chi connectivity index (χ1n) is 9.02. The molecule has 144 valence electrons. The SMILES string of the molecule is COc1ccc(-c2csc(NC3=NCCCN3)n2)c(Oc2ccc(C)cc2)n1. The summed E-state index contributed by atoms with van der Waals surface area (Å²) in [5.74, 6) is 2.41. The molecule has 1 aliphatic heterocycles. The molecule has 3 aromatic rings. The predicted octanol–water partition coefficient (Wildman–Crippen LogP) is 4.08. The standard InChI is InChI=1S/C20H21N5O2S/c1-13-4-6-14(7-5-13)27-18-15(8-9-17(24-18)26-2)16-12-28-20(23-16)25-19-21-10-3-11-22-19/h4-9,12H,3,10-11H2,1-2H3,(H2,21,22,23,25). The lowest BCUT2D eigenvalue weighted by molar-refractivity contribution is 0.384. The van der Waals surface area contributed by atoms with Crippen LogP contribution in [0.25, 0.3) is 11.3 Å². The summed E-state index contributed by atoms with van der Waals surface area (Å²) < 4.78 is 11.3. The summed E-state index contributed by atoms with van der Waals surface area (Å²) in [6, 6.07) is 11.5. The topological polar surface area (TPSA) is 80.7 Å². The van der Waals surface area contributed by atoms with Gasteiger partial charge in [-0.25, -0.2) is 4.98 Å². The summed E-state index contributed by atoms with van der Waals surface area (Å²) >= 11 is 1.51. The fraction of sp³-hybridized carbons (Fsp3) is 0.250. The normalized spacial score (nSPS) is 13.4. The quantitative estimate of drug-likeness (QED) is 0.678. The number of hydrogen-bond acceptors (Lipinski definition) is 8. The van der Waals surface area contributed by atoms with Crippen LogP contribution in [-0.4, -0.2) is 36.1 Å². The molecule has 0 atom stereocenters. The van der Waals surface area contributed by atoms with Gasteiger partial charge in [-0.2, -0.15) is 4.98 Å². The third kappa shape index (κ3) is 4.23. The van der Waals surface area contributed by atoms with Gasteiger partial charge in [0, 0.05) is 24.5 Å². The van der Waals surface area contributed by atoms with Gasteiger partial charge in [0.15, 0.2) is 11.1 Å². The highest BCUT2D eigenvalue weighted by Gasteiger charge is 2.15. The summed E-state index contributed by atoms with van der Waals surface area (Å²) in [5.41, 5.74) is 2.74. The van der Waals surface area contributed by atoms with Gasteiger partial charge >= 0.3 is 0 Å². The highest BCUT2D eigenvalue weighted by molar-refractivity contribution is 7.14. The third-order valence-electron chi connectivity index (χ3n) is 4.18. The summed E-state index contributed by atoms with van der Waals surface area (Å²) in [7, 11) is 1.58. The monoisotopic (exact) mass is 395 g/mol. The molecule has 2 aromatic heterocycles. The molecule has 1 aliphatic rings. The number of aliphatic imine (C=N–C) groups is 1. The number of aryl methyl sites for hydroxylation is 1. The molecule has 0 radical (unpaired) electrons. The number of guanidine groups is 1. The molecule has 0 saturated carbocycles. The molecule has 1 aromatic carbocycles. The van der Waals surface area contributed by atoms with Crippen molar-refractivity contribution in [2.45, 2.75) is 13.3 Å². The molecule has 7 nitrogen and oxygen atoms in total. The van der Waals surface area contributed by atoms with Crippen molar-refractivity contribution in [2.75, 3.05) is 25.5 Å². The Labute approximate surface area is 167 Å². The van der Waals surface area contributed by atoms with Crippen LogP contribution in [0.1, 0.15) is 12.0 Å². The second-order valence-corrected chi connectivity index (χ2v) is 7.15. The first-order valence-corrected chi connectivity index (χ1v) is 9.90. The van der Waals surface area contributed by atoms with Crippen LogP contribution in [0.2, 0.25) is 0 Å². The molecule has 0 spiro atoms. The zero-order chi connectivity index (χ0) is 19.3. The minimum absolute atomic E-state index is 0.452. The molecule has 0 aliphatic carbocycles. The van der Waals surface area contributed by atoms with Gasteiger partial charge in [0.1, 0.15) is 5.75 Å². The molecule has 4 rings (SSSR count). The van der Waals surface area contributed by atoms with E-state index in [4.69, 9.17) is 9.47 Å². The second kappa shape index (κ2) is 8.26. The summed E-state index contributed by atoms with van der Waals surface area (Å²) in [5, 5.41) is 9.20. The van der Waals surface area contributed by atoms with Gasteiger partial charge in [-0.05, 0) is 31.5 Å². The first kappa shape index (κ1) is 18.2. The molecule has 2 N–H and O–H groups in total. The molecule has 0 fully saturated rings. The number of thiazole rings is 1. The van der Waals surface area contributed by atoms with Gasteiger partial charge < -0.3 is 20.1 Å². The van der Waals surface area contributed by atoms with Gasteiger partial charge in [0.05, 0.1) is 18.4 Å². The Hall–Kier alpha value is -3.13. The van der Waals surface area contributed by atoms with E-state index in [9.17, 15) is 0 Å². The summed E-state index contributed by atoms with van der Waals surface area (Å²) in [6.07, 6.45) is 1.05. The van der Waals surface area contributed by atoms with E-state index in [2.05, 4.69) is 25.6 Å². The molecule has 28 heavy (non-hydrogen) atoms. The van der Waals surface area contributed by atoms with Crippen molar-refractivity contribution in [1.82, 2.24) is 15.3 Å². The summed E-state index contributed by atoms with van der Waals surface area (Å²) in [6.45, 7) is 3.78. The van der Waals surface area contributed by atoms with Gasteiger partial charge in [-0.15, -0.1) is 11.3 Å². The Morgan fingerprint density at radius 2 is 1.96 bits per heavy atom. The number of nitrogens with one attached hydrogen (secondary N) is 2. The van der Waals surface area contributed by atoms with Crippen LogP contribution in [0.4, 0.5) is 5.13 Å². The Morgan fingerprint density at radius 3 is 2.71 bits per heavy atom. The van der Waals surface area contributed by atoms with Gasteiger partial charge in [-0.3, -0.25) is 4.99 Å². The number of rotatable bonds is 5. The van der Waals surface area contributed by atoms with Crippen LogP contribution in [0.5, 0.6) is 17.5 Å². The van der Waals surface area contributed by atoms with Gasteiger partial charge in [-0.1, -0.05) is 17.7 Å². The number of hydrogen-bond donors (Lipinski definition) is 2. The van der Waals surface area contributed by atoms with Crippen molar-refractivity contribution in [3.63, 3.8) is 0 Å².